The van der Waals surface area contributed by atoms with E-state index in [4.69, 9.17) is 0 Å². The van der Waals surface area contributed by atoms with Crippen LogP contribution in [0.25, 0.3) is 0 Å². The zero-order valence-corrected chi connectivity index (χ0v) is 16.4. The first-order chi connectivity index (χ1) is 13.5. The van der Waals surface area contributed by atoms with E-state index in [0.29, 0.717) is 19.0 Å². The molecule has 1 amide bonds. The highest BCUT2D eigenvalue weighted by molar-refractivity contribution is 5.75. The second kappa shape index (κ2) is 9.66. The Bertz CT molecular complexity index is 826. The number of rotatable bonds is 7. The maximum absolute atomic E-state index is 12.1. The number of carbonyl (C=O) groups is 1. The summed E-state index contributed by atoms with van der Waals surface area (Å²) in [4.78, 5) is 26.3. The largest absolute Gasteiger partial charge is 0.387 e. The molecule has 1 aromatic carbocycles. The van der Waals surface area contributed by atoms with E-state index in [2.05, 4.69) is 10.2 Å². The molecule has 6 nitrogen and oxygen atoms in total. The van der Waals surface area contributed by atoms with Gasteiger partial charge in [-0.3, -0.25) is 9.59 Å². The van der Waals surface area contributed by atoms with Crippen LogP contribution in [0.5, 0.6) is 0 Å². The van der Waals surface area contributed by atoms with E-state index in [9.17, 15) is 14.7 Å². The molecular weight excluding hydrogens is 354 g/mol. The summed E-state index contributed by atoms with van der Waals surface area (Å²) < 4.78 is 1.43. The number of hydrogen-bond donors (Lipinski definition) is 2. The lowest BCUT2D eigenvalue weighted by Gasteiger charge is -2.33. The van der Waals surface area contributed by atoms with Gasteiger partial charge in [0, 0.05) is 25.4 Å². The molecule has 1 fully saturated rings. The lowest BCUT2D eigenvalue weighted by atomic mass is 9.96. The van der Waals surface area contributed by atoms with Gasteiger partial charge >= 0.3 is 0 Å². The molecule has 6 heteroatoms. The highest BCUT2D eigenvalue weighted by Gasteiger charge is 2.22. The smallest absolute Gasteiger partial charge is 0.251 e. The second-order valence-corrected chi connectivity index (χ2v) is 7.64. The van der Waals surface area contributed by atoms with Crippen molar-refractivity contribution in [1.29, 1.82) is 0 Å². The Morgan fingerprint density at radius 3 is 2.61 bits per heavy atom. The average molecular weight is 383 g/mol. The van der Waals surface area contributed by atoms with Gasteiger partial charge in [0.15, 0.2) is 0 Å². The monoisotopic (exact) mass is 383 g/mol. The molecule has 0 spiro atoms. The van der Waals surface area contributed by atoms with Crippen molar-refractivity contribution in [3.05, 3.63) is 70.1 Å². The number of pyridine rings is 1. The van der Waals surface area contributed by atoms with Crippen LogP contribution in [0.15, 0.2) is 53.5 Å². The first-order valence-electron chi connectivity index (χ1n) is 9.90. The zero-order chi connectivity index (χ0) is 19.9. The number of likely N-dealkylation sites (tertiary alicyclic amines) is 1. The number of piperidine rings is 1. The van der Waals surface area contributed by atoms with Gasteiger partial charge in [0.2, 0.25) is 5.91 Å². The third-order valence-corrected chi connectivity index (χ3v) is 5.38. The van der Waals surface area contributed by atoms with E-state index in [-0.39, 0.29) is 18.0 Å². The predicted molar refractivity (Wildman–Crippen MR) is 109 cm³/mol. The number of β-amino-alcohol motifs (C(OH)–C–C–N with tert-alkyl or cyclic N) is 1. The molecule has 0 unspecified atom stereocenters. The van der Waals surface area contributed by atoms with E-state index in [1.807, 2.05) is 43.3 Å². The van der Waals surface area contributed by atoms with E-state index < -0.39 is 6.10 Å². The summed E-state index contributed by atoms with van der Waals surface area (Å²) in [5, 5.41) is 13.3. The van der Waals surface area contributed by atoms with Crippen LogP contribution in [0, 0.1) is 12.8 Å². The first kappa shape index (κ1) is 20.3. The van der Waals surface area contributed by atoms with Crippen molar-refractivity contribution in [2.24, 2.45) is 5.92 Å². The van der Waals surface area contributed by atoms with Crippen LogP contribution < -0.4 is 10.9 Å². The fraction of sp³-hybridized carbons (Fsp3) is 0.455. The summed E-state index contributed by atoms with van der Waals surface area (Å²) in [5.74, 6) is 0.302. The van der Waals surface area contributed by atoms with Gasteiger partial charge in [-0.1, -0.05) is 30.3 Å². The van der Waals surface area contributed by atoms with Crippen molar-refractivity contribution in [3.63, 3.8) is 0 Å². The average Bonchev–Trinajstić information content (AvgIpc) is 2.70. The number of aliphatic hydroxyl groups is 1. The summed E-state index contributed by atoms with van der Waals surface area (Å²) in [5.41, 5.74) is 1.69. The van der Waals surface area contributed by atoms with Gasteiger partial charge in [0.25, 0.3) is 5.56 Å². The van der Waals surface area contributed by atoms with Crippen molar-refractivity contribution in [1.82, 2.24) is 14.8 Å². The Kier molecular flexibility index (Phi) is 7.01. The number of hydrogen-bond acceptors (Lipinski definition) is 4. The van der Waals surface area contributed by atoms with Gasteiger partial charge in [-0.15, -0.1) is 0 Å². The minimum absolute atomic E-state index is 0.0568. The van der Waals surface area contributed by atoms with Gasteiger partial charge in [-0.2, -0.15) is 0 Å². The van der Waals surface area contributed by atoms with Gasteiger partial charge in [0.1, 0.15) is 6.54 Å². The van der Waals surface area contributed by atoms with Gasteiger partial charge < -0.3 is 19.9 Å². The Morgan fingerprint density at radius 2 is 1.93 bits per heavy atom. The Balaban J connectivity index is 1.38. The zero-order valence-electron chi connectivity index (χ0n) is 16.4. The Labute approximate surface area is 165 Å². The van der Waals surface area contributed by atoms with E-state index in [0.717, 1.165) is 37.1 Å². The lowest BCUT2D eigenvalue weighted by molar-refractivity contribution is -0.122. The van der Waals surface area contributed by atoms with Crippen LogP contribution >= 0.6 is 0 Å². The highest BCUT2D eigenvalue weighted by Crippen LogP contribution is 2.20. The molecule has 150 valence electrons. The number of amides is 1. The molecule has 1 aliphatic rings. The molecule has 2 aromatic rings. The van der Waals surface area contributed by atoms with Crippen molar-refractivity contribution in [2.45, 2.75) is 32.4 Å². The molecule has 0 saturated carbocycles. The fourth-order valence-electron chi connectivity index (χ4n) is 3.60. The third-order valence-electron chi connectivity index (χ3n) is 5.38. The molecule has 1 atom stereocenters. The quantitative estimate of drug-likeness (QED) is 0.764. The molecular formula is C22H29N3O3. The third kappa shape index (κ3) is 5.78. The summed E-state index contributed by atoms with van der Waals surface area (Å²) in [6.45, 7) is 5.02. The molecule has 1 saturated heterocycles. The summed E-state index contributed by atoms with van der Waals surface area (Å²) in [7, 11) is 0. The fourth-order valence-corrected chi connectivity index (χ4v) is 3.60. The highest BCUT2D eigenvalue weighted by atomic mass is 16.3. The topological polar surface area (TPSA) is 74.6 Å². The van der Waals surface area contributed by atoms with Crippen molar-refractivity contribution in [3.8, 4) is 0 Å². The minimum atomic E-state index is -0.467. The predicted octanol–water partition coefficient (Wildman–Crippen LogP) is 1.72. The summed E-state index contributed by atoms with van der Waals surface area (Å²) in [6, 6.07) is 13.1. The lowest BCUT2D eigenvalue weighted by Crippen LogP contribution is -2.41. The molecule has 2 heterocycles. The normalized spacial score (nSPS) is 16.6. The van der Waals surface area contributed by atoms with Crippen molar-refractivity contribution >= 4 is 5.91 Å². The maximum atomic E-state index is 12.1. The molecule has 0 radical (unpaired) electrons. The van der Waals surface area contributed by atoms with E-state index in [1.54, 1.807) is 6.20 Å². The van der Waals surface area contributed by atoms with Crippen LogP contribution in [0.1, 0.15) is 30.1 Å². The molecule has 1 aliphatic heterocycles. The number of benzene rings is 1. The summed E-state index contributed by atoms with van der Waals surface area (Å²) in [6.07, 6.45) is 3.18. The van der Waals surface area contributed by atoms with Crippen LogP contribution in [0.3, 0.4) is 0 Å². The molecule has 0 bridgehead atoms. The van der Waals surface area contributed by atoms with Crippen LogP contribution in [0.2, 0.25) is 0 Å². The number of aromatic nitrogens is 1. The summed E-state index contributed by atoms with van der Waals surface area (Å²) >= 11 is 0. The minimum Gasteiger partial charge on any atom is -0.387 e. The van der Waals surface area contributed by atoms with Gasteiger partial charge in [0.05, 0.1) is 6.10 Å². The van der Waals surface area contributed by atoms with Gasteiger partial charge in [-0.25, -0.2) is 0 Å². The Morgan fingerprint density at radius 1 is 1.21 bits per heavy atom. The standard InChI is InChI=1S/C22H29N3O3/c1-17-7-12-25(22(28)13-17)16-21(27)23-14-18-8-10-24(11-9-18)15-20(26)19-5-3-2-4-6-19/h2-7,12-13,18,20,26H,8-11,14-16H2,1H3,(H,23,27)/t20-/m0/s1. The molecule has 1 aromatic heterocycles. The number of carbonyl (C=O) groups excluding carboxylic acids is 1. The molecule has 0 aliphatic carbocycles. The van der Waals surface area contributed by atoms with Gasteiger partial charge in [-0.05, 0) is 56.0 Å². The molecule has 3 rings (SSSR count). The number of aliphatic hydroxyl groups excluding tert-OH is 1. The Hall–Kier alpha value is -2.44. The van der Waals surface area contributed by atoms with Crippen LogP contribution in [-0.4, -0.2) is 46.7 Å². The number of nitrogens with one attached hydrogen (secondary N) is 1. The van der Waals surface area contributed by atoms with Crippen LogP contribution in [0.4, 0.5) is 0 Å². The van der Waals surface area contributed by atoms with E-state index in [1.165, 1.54) is 10.6 Å². The molecule has 28 heavy (non-hydrogen) atoms. The number of aryl methyl sites for hydroxylation is 1. The van der Waals surface area contributed by atoms with E-state index >= 15 is 0 Å². The second-order valence-electron chi connectivity index (χ2n) is 7.64. The maximum Gasteiger partial charge on any atom is 0.251 e. The van der Waals surface area contributed by atoms with Crippen molar-refractivity contribution < 1.29 is 9.90 Å². The van der Waals surface area contributed by atoms with Crippen LogP contribution in [-0.2, 0) is 11.3 Å². The molecule has 2 N–H and O–H groups in total. The SMILES string of the molecule is Cc1ccn(CC(=O)NCC2CCN(C[C@H](O)c3ccccc3)CC2)c(=O)c1. The number of nitrogens with zero attached hydrogens (tertiary/aromatic N) is 2. The first-order valence-corrected chi connectivity index (χ1v) is 9.90. The van der Waals surface area contributed by atoms with Crippen molar-refractivity contribution in [2.75, 3.05) is 26.2 Å².